The van der Waals surface area contributed by atoms with Crippen molar-refractivity contribution in [2.24, 2.45) is 0 Å². The summed E-state index contributed by atoms with van der Waals surface area (Å²) < 4.78 is 64.8. The SMILES string of the molecule is CC(C)(C)c1ccc(N2Cc3cccc(OS(=O)(=O)C(F)(F)F)c3C2=O)cc1. The third kappa shape index (κ3) is 3.58. The van der Waals surface area contributed by atoms with Crippen LogP contribution in [0.25, 0.3) is 0 Å². The molecule has 0 fully saturated rings. The van der Waals surface area contributed by atoms with Crippen LogP contribution in [-0.4, -0.2) is 19.8 Å². The molecule has 0 aliphatic carbocycles. The van der Waals surface area contributed by atoms with Gasteiger partial charge in [0.2, 0.25) is 0 Å². The lowest BCUT2D eigenvalue weighted by Gasteiger charge is -2.21. The minimum Gasteiger partial charge on any atom is -0.375 e. The molecule has 1 amide bonds. The van der Waals surface area contributed by atoms with Gasteiger partial charge in [0.25, 0.3) is 5.91 Å². The second kappa shape index (κ2) is 6.51. The van der Waals surface area contributed by atoms with Gasteiger partial charge < -0.3 is 9.08 Å². The highest BCUT2D eigenvalue weighted by Gasteiger charge is 2.49. The molecule has 5 nitrogen and oxygen atoms in total. The van der Waals surface area contributed by atoms with Crippen LogP contribution in [0.15, 0.2) is 42.5 Å². The number of nitrogens with zero attached hydrogens (tertiary/aromatic N) is 1. The van der Waals surface area contributed by atoms with Gasteiger partial charge in [-0.25, -0.2) is 0 Å². The zero-order chi connectivity index (χ0) is 20.9. The zero-order valence-corrected chi connectivity index (χ0v) is 16.2. The van der Waals surface area contributed by atoms with Gasteiger partial charge in [0.05, 0.1) is 12.1 Å². The van der Waals surface area contributed by atoms with Crippen molar-refractivity contribution < 1.29 is 30.6 Å². The Labute approximate surface area is 160 Å². The summed E-state index contributed by atoms with van der Waals surface area (Å²) in [5, 5.41) is 0. The molecule has 2 aromatic rings. The van der Waals surface area contributed by atoms with Crippen molar-refractivity contribution in [2.45, 2.75) is 38.2 Å². The van der Waals surface area contributed by atoms with Crippen molar-refractivity contribution in [3.8, 4) is 5.75 Å². The Morgan fingerprint density at radius 3 is 2.14 bits per heavy atom. The Morgan fingerprint density at radius 1 is 1.00 bits per heavy atom. The second-order valence-corrected chi connectivity index (χ2v) is 9.00. The summed E-state index contributed by atoms with van der Waals surface area (Å²) in [7, 11) is -5.87. The summed E-state index contributed by atoms with van der Waals surface area (Å²) >= 11 is 0. The molecule has 0 saturated carbocycles. The van der Waals surface area contributed by atoms with Gasteiger partial charge in [-0.05, 0) is 34.7 Å². The van der Waals surface area contributed by atoms with E-state index in [0.29, 0.717) is 11.3 Å². The average Bonchev–Trinajstić information content (AvgIpc) is 2.91. The third-order valence-corrected chi connectivity index (χ3v) is 5.39. The van der Waals surface area contributed by atoms with Crippen molar-refractivity contribution in [2.75, 3.05) is 4.90 Å². The van der Waals surface area contributed by atoms with E-state index in [0.717, 1.165) is 11.6 Å². The molecule has 28 heavy (non-hydrogen) atoms. The first kappa shape index (κ1) is 20.2. The molecule has 0 aromatic heterocycles. The number of hydrogen-bond donors (Lipinski definition) is 0. The molecule has 0 unspecified atom stereocenters. The molecule has 0 spiro atoms. The van der Waals surface area contributed by atoms with Crippen LogP contribution in [0, 0.1) is 0 Å². The summed E-state index contributed by atoms with van der Waals surface area (Å²) in [6, 6.07) is 11.2. The van der Waals surface area contributed by atoms with E-state index in [-0.39, 0.29) is 17.5 Å². The lowest BCUT2D eigenvalue weighted by molar-refractivity contribution is -0.0500. The molecule has 1 aliphatic heterocycles. The number of carbonyl (C=O) groups excluding carboxylic acids is 1. The van der Waals surface area contributed by atoms with Crippen molar-refractivity contribution in [1.82, 2.24) is 0 Å². The number of hydrogen-bond acceptors (Lipinski definition) is 4. The summed E-state index contributed by atoms with van der Waals surface area (Å²) in [4.78, 5) is 14.2. The van der Waals surface area contributed by atoms with Gasteiger partial charge in [0.1, 0.15) is 0 Å². The molecule has 0 saturated heterocycles. The first-order valence-corrected chi connectivity index (χ1v) is 9.77. The van der Waals surface area contributed by atoms with Crippen LogP contribution in [-0.2, 0) is 22.1 Å². The van der Waals surface area contributed by atoms with Gasteiger partial charge in [0, 0.05) is 5.69 Å². The second-order valence-electron chi connectivity index (χ2n) is 7.46. The van der Waals surface area contributed by atoms with Gasteiger partial charge >= 0.3 is 15.6 Å². The molecular weight excluding hydrogens is 395 g/mol. The van der Waals surface area contributed by atoms with Crippen LogP contribution in [0.5, 0.6) is 5.75 Å². The van der Waals surface area contributed by atoms with Crippen LogP contribution < -0.4 is 9.08 Å². The topological polar surface area (TPSA) is 63.7 Å². The standard InChI is InChI=1S/C19H18F3NO4S/c1-18(2,3)13-7-9-14(10-8-13)23-11-12-5-4-6-15(16(12)17(23)24)27-28(25,26)19(20,21)22/h4-10H,11H2,1-3H3. The smallest absolute Gasteiger partial charge is 0.375 e. The molecule has 2 aromatic carbocycles. The van der Waals surface area contributed by atoms with Crippen molar-refractivity contribution >= 4 is 21.7 Å². The molecule has 0 atom stereocenters. The molecule has 1 aliphatic rings. The monoisotopic (exact) mass is 413 g/mol. The van der Waals surface area contributed by atoms with E-state index in [4.69, 9.17) is 0 Å². The molecule has 0 N–H and O–H groups in total. The number of benzene rings is 2. The van der Waals surface area contributed by atoms with Gasteiger partial charge in [0.15, 0.2) is 5.75 Å². The van der Waals surface area contributed by atoms with E-state index in [9.17, 15) is 26.4 Å². The Kier molecular flexibility index (Phi) is 4.69. The van der Waals surface area contributed by atoms with Gasteiger partial charge in [-0.1, -0.05) is 45.0 Å². The molecule has 3 rings (SSSR count). The molecule has 1 heterocycles. The largest absolute Gasteiger partial charge is 0.534 e. The lowest BCUT2D eigenvalue weighted by atomic mass is 9.87. The van der Waals surface area contributed by atoms with E-state index < -0.39 is 27.3 Å². The number of rotatable bonds is 3. The minimum absolute atomic E-state index is 0.0799. The molecule has 0 bridgehead atoms. The van der Waals surface area contributed by atoms with Crippen molar-refractivity contribution in [1.29, 1.82) is 0 Å². The summed E-state index contributed by atoms with van der Waals surface area (Å²) in [5.74, 6) is -1.25. The molecule has 150 valence electrons. The number of alkyl halides is 3. The number of amides is 1. The quantitative estimate of drug-likeness (QED) is 0.554. The predicted octanol–water partition coefficient (Wildman–Crippen LogP) is 4.37. The summed E-state index contributed by atoms with van der Waals surface area (Å²) in [6.07, 6.45) is 0. The Bertz CT molecular complexity index is 1020. The van der Waals surface area contributed by atoms with Gasteiger partial charge in [-0.15, -0.1) is 0 Å². The van der Waals surface area contributed by atoms with E-state index in [1.54, 1.807) is 18.2 Å². The van der Waals surface area contributed by atoms with E-state index in [1.807, 2.05) is 32.9 Å². The normalized spacial score (nSPS) is 14.9. The Hall–Kier alpha value is -2.55. The van der Waals surface area contributed by atoms with Crippen LogP contribution in [0.2, 0.25) is 0 Å². The van der Waals surface area contributed by atoms with Crippen LogP contribution in [0.1, 0.15) is 42.3 Å². The lowest BCUT2D eigenvalue weighted by Crippen LogP contribution is -2.29. The molecular formula is C19H18F3NO4S. The third-order valence-electron chi connectivity index (χ3n) is 4.43. The van der Waals surface area contributed by atoms with Crippen LogP contribution >= 0.6 is 0 Å². The maximum atomic E-state index is 12.8. The Morgan fingerprint density at radius 2 is 1.61 bits per heavy atom. The van der Waals surface area contributed by atoms with Gasteiger partial charge in [-0.3, -0.25) is 4.79 Å². The highest BCUT2D eigenvalue weighted by molar-refractivity contribution is 7.88. The minimum atomic E-state index is -5.87. The fraction of sp³-hybridized carbons (Fsp3) is 0.316. The number of carbonyl (C=O) groups is 1. The van der Waals surface area contributed by atoms with Crippen molar-refractivity contribution in [3.05, 3.63) is 59.2 Å². The fourth-order valence-corrected chi connectivity index (χ4v) is 3.38. The van der Waals surface area contributed by atoms with E-state index in [2.05, 4.69) is 4.18 Å². The van der Waals surface area contributed by atoms with E-state index >= 15 is 0 Å². The molecule has 0 radical (unpaired) electrons. The predicted molar refractivity (Wildman–Crippen MR) is 97.7 cm³/mol. The van der Waals surface area contributed by atoms with E-state index in [1.165, 1.54) is 11.0 Å². The molecule has 9 heteroatoms. The highest BCUT2D eigenvalue weighted by atomic mass is 32.2. The maximum absolute atomic E-state index is 12.8. The first-order chi connectivity index (χ1) is 12.8. The fourth-order valence-electron chi connectivity index (χ4n) is 2.91. The average molecular weight is 413 g/mol. The zero-order valence-electron chi connectivity index (χ0n) is 15.4. The maximum Gasteiger partial charge on any atom is 0.534 e. The Balaban J connectivity index is 1.94. The summed E-state index contributed by atoms with van der Waals surface area (Å²) in [6.45, 7) is 6.24. The van der Waals surface area contributed by atoms with Crippen molar-refractivity contribution in [3.63, 3.8) is 0 Å². The van der Waals surface area contributed by atoms with Crippen LogP contribution in [0.3, 0.4) is 0 Å². The van der Waals surface area contributed by atoms with Crippen LogP contribution in [0.4, 0.5) is 18.9 Å². The first-order valence-electron chi connectivity index (χ1n) is 8.36. The van der Waals surface area contributed by atoms with Gasteiger partial charge in [-0.2, -0.15) is 21.6 Å². The summed E-state index contributed by atoms with van der Waals surface area (Å²) in [5.41, 5.74) is -3.85. The number of anilines is 1. The highest BCUT2D eigenvalue weighted by Crippen LogP contribution is 2.37. The number of fused-ring (bicyclic) bond motifs is 1. The number of halogens is 3.